The van der Waals surface area contributed by atoms with Crippen molar-refractivity contribution in [2.75, 3.05) is 13.1 Å². The zero-order valence-corrected chi connectivity index (χ0v) is 15.0. The second-order valence-electron chi connectivity index (χ2n) is 5.63. The lowest BCUT2D eigenvalue weighted by Gasteiger charge is -2.30. The lowest BCUT2D eigenvalue weighted by atomic mass is 9.91. The van der Waals surface area contributed by atoms with E-state index in [1.807, 2.05) is 0 Å². The first kappa shape index (κ1) is 17.5. The quantitative estimate of drug-likeness (QED) is 0.749. The van der Waals surface area contributed by atoms with E-state index in [-0.39, 0.29) is 16.5 Å². The van der Waals surface area contributed by atoms with Crippen LogP contribution in [0.5, 0.6) is 0 Å². The third-order valence-electron chi connectivity index (χ3n) is 4.03. The van der Waals surface area contributed by atoms with E-state index in [4.69, 9.17) is 11.6 Å². The first-order valence-electron chi connectivity index (χ1n) is 7.43. The van der Waals surface area contributed by atoms with Crippen LogP contribution in [0.1, 0.15) is 23.2 Å². The number of hydrogen-bond acceptors (Lipinski definition) is 4. The average Bonchev–Trinajstić information content (AvgIpc) is 3.02. The second kappa shape index (κ2) is 6.92. The van der Waals surface area contributed by atoms with Gasteiger partial charge >= 0.3 is 0 Å². The minimum Gasteiger partial charge on any atom is -0.294 e. The van der Waals surface area contributed by atoms with Crippen LogP contribution in [0, 0.1) is 11.7 Å². The van der Waals surface area contributed by atoms with E-state index < -0.39 is 21.8 Å². The highest BCUT2D eigenvalue weighted by molar-refractivity contribution is 7.91. The molecule has 8 heteroatoms. The van der Waals surface area contributed by atoms with Gasteiger partial charge in [-0.05, 0) is 49.2 Å². The molecule has 1 aromatic carbocycles. The van der Waals surface area contributed by atoms with E-state index in [1.165, 1.54) is 34.6 Å². The number of piperidine rings is 1. The van der Waals surface area contributed by atoms with E-state index in [0.717, 1.165) is 11.3 Å². The lowest BCUT2D eigenvalue weighted by molar-refractivity contribution is 0.0872. The Bertz CT molecular complexity index is 848. The summed E-state index contributed by atoms with van der Waals surface area (Å²) in [7, 11) is -3.64. The molecule has 1 atom stereocenters. The molecule has 0 radical (unpaired) electrons. The molecular weight excluding hydrogens is 373 g/mol. The van der Waals surface area contributed by atoms with Crippen LogP contribution in [0.3, 0.4) is 0 Å². The number of thiophene rings is 1. The molecule has 2 heterocycles. The van der Waals surface area contributed by atoms with Crippen molar-refractivity contribution in [2.45, 2.75) is 17.1 Å². The summed E-state index contributed by atoms with van der Waals surface area (Å²) in [5, 5.41) is 0. The molecule has 24 heavy (non-hydrogen) atoms. The molecular formula is C16H15ClFNO3S2. The summed E-state index contributed by atoms with van der Waals surface area (Å²) in [6, 6.07) is 8.36. The molecule has 3 rings (SSSR count). The Kier molecular flexibility index (Phi) is 5.05. The SMILES string of the molecule is O=C(c1ccc(F)cc1)C1CCCN(S(=O)(=O)c2ccc(Cl)s2)C1. The van der Waals surface area contributed by atoms with Crippen molar-refractivity contribution in [1.29, 1.82) is 0 Å². The number of carbonyl (C=O) groups excluding carboxylic acids is 1. The highest BCUT2D eigenvalue weighted by Crippen LogP contribution is 2.31. The molecule has 0 aliphatic carbocycles. The topological polar surface area (TPSA) is 54.5 Å². The van der Waals surface area contributed by atoms with Gasteiger partial charge in [-0.25, -0.2) is 12.8 Å². The molecule has 1 saturated heterocycles. The highest BCUT2D eigenvalue weighted by Gasteiger charge is 2.34. The molecule has 0 spiro atoms. The molecule has 0 saturated carbocycles. The maximum Gasteiger partial charge on any atom is 0.252 e. The number of rotatable bonds is 4. The third-order valence-corrected chi connectivity index (χ3v) is 7.59. The fraction of sp³-hybridized carbons (Fsp3) is 0.312. The fourth-order valence-electron chi connectivity index (χ4n) is 2.79. The first-order chi connectivity index (χ1) is 11.4. The molecule has 0 N–H and O–H groups in total. The zero-order chi connectivity index (χ0) is 17.3. The van der Waals surface area contributed by atoms with Gasteiger partial charge in [-0.1, -0.05) is 11.6 Å². The Balaban J connectivity index is 1.79. The second-order valence-corrected chi connectivity index (χ2v) is 9.51. The van der Waals surface area contributed by atoms with Crippen molar-refractivity contribution in [3.05, 3.63) is 52.1 Å². The summed E-state index contributed by atoms with van der Waals surface area (Å²) >= 11 is 6.83. The lowest BCUT2D eigenvalue weighted by Crippen LogP contribution is -2.42. The number of ketones is 1. The van der Waals surface area contributed by atoms with Crippen LogP contribution in [0.15, 0.2) is 40.6 Å². The Morgan fingerprint density at radius 3 is 2.54 bits per heavy atom. The average molecular weight is 388 g/mol. The molecule has 0 amide bonds. The fourth-order valence-corrected chi connectivity index (χ4v) is 5.95. The zero-order valence-electron chi connectivity index (χ0n) is 12.6. The first-order valence-corrected chi connectivity index (χ1v) is 10.1. The summed E-state index contributed by atoms with van der Waals surface area (Å²) in [6.07, 6.45) is 1.23. The summed E-state index contributed by atoms with van der Waals surface area (Å²) in [4.78, 5) is 12.6. The monoisotopic (exact) mass is 387 g/mol. The van der Waals surface area contributed by atoms with Crippen LogP contribution in [-0.2, 0) is 10.0 Å². The molecule has 1 unspecified atom stereocenters. The Labute approximate surface area is 148 Å². The molecule has 2 aromatic rings. The largest absolute Gasteiger partial charge is 0.294 e. The van der Waals surface area contributed by atoms with Gasteiger partial charge in [-0.15, -0.1) is 11.3 Å². The number of nitrogens with zero attached hydrogens (tertiary/aromatic N) is 1. The van der Waals surface area contributed by atoms with Crippen molar-refractivity contribution in [3.63, 3.8) is 0 Å². The molecule has 1 aromatic heterocycles. The molecule has 0 bridgehead atoms. The maximum atomic E-state index is 13.0. The van der Waals surface area contributed by atoms with Crippen LogP contribution >= 0.6 is 22.9 Å². The van der Waals surface area contributed by atoms with Crippen LogP contribution in [-0.4, -0.2) is 31.6 Å². The van der Waals surface area contributed by atoms with Gasteiger partial charge in [0.2, 0.25) is 0 Å². The Morgan fingerprint density at radius 1 is 1.21 bits per heavy atom. The number of benzene rings is 1. The Morgan fingerprint density at radius 2 is 1.92 bits per heavy atom. The molecule has 4 nitrogen and oxygen atoms in total. The van der Waals surface area contributed by atoms with Gasteiger partial charge in [0.05, 0.1) is 4.34 Å². The van der Waals surface area contributed by atoms with Gasteiger partial charge in [-0.3, -0.25) is 4.79 Å². The number of sulfonamides is 1. The Hall–Kier alpha value is -1.28. The number of hydrogen-bond donors (Lipinski definition) is 0. The summed E-state index contributed by atoms with van der Waals surface area (Å²) in [5.74, 6) is -0.984. The van der Waals surface area contributed by atoms with Gasteiger partial charge in [-0.2, -0.15) is 4.31 Å². The summed E-state index contributed by atoms with van der Waals surface area (Å²) in [5.41, 5.74) is 0.403. The maximum absolute atomic E-state index is 13.0. The predicted octanol–water partition coefficient (Wildman–Crippen LogP) is 3.82. The van der Waals surface area contributed by atoms with Crippen LogP contribution in [0.4, 0.5) is 4.39 Å². The normalized spacial score (nSPS) is 19.3. The van der Waals surface area contributed by atoms with Crippen LogP contribution in [0.25, 0.3) is 0 Å². The number of carbonyl (C=O) groups is 1. The molecule has 1 fully saturated rings. The van der Waals surface area contributed by atoms with Crippen LogP contribution in [0.2, 0.25) is 4.34 Å². The van der Waals surface area contributed by atoms with E-state index in [2.05, 4.69) is 0 Å². The van der Waals surface area contributed by atoms with Gasteiger partial charge in [0, 0.05) is 24.6 Å². The van der Waals surface area contributed by atoms with Crippen molar-refractivity contribution in [1.82, 2.24) is 4.31 Å². The van der Waals surface area contributed by atoms with Crippen molar-refractivity contribution in [3.8, 4) is 0 Å². The minimum absolute atomic E-state index is 0.133. The number of Topliss-reactive ketones (excluding diaryl/α,β-unsaturated/α-hetero) is 1. The molecule has 1 aliphatic heterocycles. The van der Waals surface area contributed by atoms with E-state index in [9.17, 15) is 17.6 Å². The molecule has 128 valence electrons. The van der Waals surface area contributed by atoms with Crippen molar-refractivity contribution in [2.24, 2.45) is 5.92 Å². The standard InChI is InChI=1S/C16H15ClFNO3S2/c17-14-7-8-15(23-14)24(21,22)19-9-1-2-12(10-19)16(20)11-3-5-13(18)6-4-11/h3-8,12H,1-2,9-10H2. The van der Waals surface area contributed by atoms with Gasteiger partial charge < -0.3 is 0 Å². The van der Waals surface area contributed by atoms with Crippen LogP contribution < -0.4 is 0 Å². The van der Waals surface area contributed by atoms with E-state index in [0.29, 0.717) is 29.3 Å². The van der Waals surface area contributed by atoms with Gasteiger partial charge in [0.1, 0.15) is 10.0 Å². The highest BCUT2D eigenvalue weighted by atomic mass is 35.5. The van der Waals surface area contributed by atoms with Gasteiger partial charge in [0.15, 0.2) is 5.78 Å². The van der Waals surface area contributed by atoms with Gasteiger partial charge in [0.25, 0.3) is 10.0 Å². The smallest absolute Gasteiger partial charge is 0.252 e. The third kappa shape index (κ3) is 3.54. The van der Waals surface area contributed by atoms with Crippen molar-refractivity contribution < 1.29 is 17.6 Å². The van der Waals surface area contributed by atoms with Crippen molar-refractivity contribution >= 4 is 38.7 Å². The minimum atomic E-state index is -3.64. The molecule has 1 aliphatic rings. The predicted molar refractivity (Wildman–Crippen MR) is 91.5 cm³/mol. The summed E-state index contributed by atoms with van der Waals surface area (Å²) in [6.45, 7) is 0.513. The van der Waals surface area contributed by atoms with E-state index >= 15 is 0 Å². The number of halogens is 2. The van der Waals surface area contributed by atoms with E-state index in [1.54, 1.807) is 6.07 Å². The summed E-state index contributed by atoms with van der Waals surface area (Å²) < 4.78 is 40.3.